The van der Waals surface area contributed by atoms with E-state index >= 15 is 0 Å². The summed E-state index contributed by atoms with van der Waals surface area (Å²) in [5, 5.41) is 8.73. The van der Waals surface area contributed by atoms with Crippen molar-refractivity contribution < 1.29 is 27.5 Å². The minimum Gasteiger partial charge on any atom is -0.449 e. The molecule has 0 saturated carbocycles. The normalized spacial score (nSPS) is 11.4. The number of amides is 2. The second kappa shape index (κ2) is 9.76. The number of nitrogens with one attached hydrogen (secondary N) is 2. The second-order valence-electron chi connectivity index (χ2n) is 7.80. The van der Waals surface area contributed by atoms with Gasteiger partial charge < -0.3 is 10.1 Å². The number of aryl methyl sites for hydroxylation is 1. The molecule has 33 heavy (non-hydrogen) atoms. The number of anilines is 2. The van der Waals surface area contributed by atoms with Gasteiger partial charge in [-0.3, -0.25) is 10.1 Å². The van der Waals surface area contributed by atoms with E-state index in [1.165, 1.54) is 30.3 Å². The molecule has 3 aromatic rings. The molecule has 174 valence electrons. The number of hydrogen-bond donors (Lipinski definition) is 2. The fraction of sp³-hybridized carbons (Fsp3) is 0.261. The molecule has 0 atom stereocenters. The summed E-state index contributed by atoms with van der Waals surface area (Å²) < 4.78 is 47.2. The fourth-order valence-corrected chi connectivity index (χ4v) is 2.94. The number of halogens is 3. The van der Waals surface area contributed by atoms with E-state index in [1.54, 1.807) is 18.2 Å². The zero-order valence-corrected chi connectivity index (χ0v) is 18.2. The van der Waals surface area contributed by atoms with Gasteiger partial charge >= 0.3 is 12.3 Å². The third kappa shape index (κ3) is 6.12. The Kier molecular flexibility index (Phi) is 7.05. The lowest BCUT2D eigenvalue weighted by atomic mass is 10.2. The van der Waals surface area contributed by atoms with E-state index in [1.807, 2.05) is 20.8 Å². The van der Waals surface area contributed by atoms with E-state index in [-0.39, 0.29) is 23.9 Å². The molecule has 2 amide bonds. The van der Waals surface area contributed by atoms with Crippen LogP contribution in [0.3, 0.4) is 0 Å². The highest BCUT2D eigenvalue weighted by atomic mass is 19.4. The average molecular weight is 460 g/mol. The molecule has 0 fully saturated rings. The van der Waals surface area contributed by atoms with Crippen molar-refractivity contribution in [3.63, 3.8) is 0 Å². The van der Waals surface area contributed by atoms with Gasteiger partial charge in [0.05, 0.1) is 24.1 Å². The van der Waals surface area contributed by atoms with Gasteiger partial charge in [-0.15, -0.1) is 0 Å². The molecule has 0 unspecified atom stereocenters. The Morgan fingerprint density at radius 3 is 2.30 bits per heavy atom. The first-order valence-electron chi connectivity index (χ1n) is 10.1. The molecule has 2 aromatic carbocycles. The van der Waals surface area contributed by atoms with E-state index in [0.717, 1.165) is 11.8 Å². The van der Waals surface area contributed by atoms with Crippen molar-refractivity contribution in [2.24, 2.45) is 5.92 Å². The van der Waals surface area contributed by atoms with Gasteiger partial charge in [-0.1, -0.05) is 37.6 Å². The number of aromatic nitrogens is 2. The minimum atomic E-state index is -4.82. The van der Waals surface area contributed by atoms with Crippen LogP contribution in [0.1, 0.15) is 35.5 Å². The van der Waals surface area contributed by atoms with E-state index in [9.17, 15) is 22.8 Å². The first kappa shape index (κ1) is 23.8. The standard InChI is InChI=1S/C23H23F3N4O3/c1-14(2)13-33-22(32)29-17-6-4-5-16(11-17)28-21(31)19-12-27-30(20(19)23(24,25)26)18-9-7-15(3)8-10-18/h4-12,14H,13H2,1-3H3,(H,28,31)(H,29,32). The molecule has 0 bridgehead atoms. The summed E-state index contributed by atoms with van der Waals surface area (Å²) in [6, 6.07) is 12.3. The number of carbonyl (C=O) groups excluding carboxylic acids is 2. The molecular formula is C23H23F3N4O3. The molecule has 0 aliphatic heterocycles. The maximum absolute atomic E-state index is 13.8. The molecule has 0 aliphatic carbocycles. The largest absolute Gasteiger partial charge is 0.449 e. The van der Waals surface area contributed by atoms with Gasteiger partial charge in [0.1, 0.15) is 0 Å². The van der Waals surface area contributed by atoms with Crippen LogP contribution in [0.5, 0.6) is 0 Å². The molecule has 0 spiro atoms. The molecule has 3 rings (SSSR count). The summed E-state index contributed by atoms with van der Waals surface area (Å²) in [7, 11) is 0. The quantitative estimate of drug-likeness (QED) is 0.497. The summed E-state index contributed by atoms with van der Waals surface area (Å²) in [5.41, 5.74) is -0.254. The lowest BCUT2D eigenvalue weighted by molar-refractivity contribution is -0.143. The number of hydrogen-bond acceptors (Lipinski definition) is 4. The zero-order valence-electron chi connectivity index (χ0n) is 18.2. The van der Waals surface area contributed by atoms with Gasteiger partial charge in [0.2, 0.25) is 0 Å². The second-order valence-corrected chi connectivity index (χ2v) is 7.80. The van der Waals surface area contributed by atoms with Crippen LogP contribution in [-0.2, 0) is 10.9 Å². The number of ether oxygens (including phenoxy) is 1. The summed E-state index contributed by atoms with van der Waals surface area (Å²) in [5.74, 6) is -0.828. The van der Waals surface area contributed by atoms with Crippen LogP contribution in [0.15, 0.2) is 54.7 Å². The molecule has 1 heterocycles. The molecule has 10 heteroatoms. The van der Waals surface area contributed by atoms with E-state index in [2.05, 4.69) is 15.7 Å². The van der Waals surface area contributed by atoms with E-state index < -0.39 is 29.4 Å². The van der Waals surface area contributed by atoms with Gasteiger partial charge in [0.15, 0.2) is 5.69 Å². The maximum Gasteiger partial charge on any atom is 0.434 e. The van der Waals surface area contributed by atoms with Crippen molar-refractivity contribution in [2.45, 2.75) is 26.9 Å². The fourth-order valence-electron chi connectivity index (χ4n) is 2.94. The van der Waals surface area contributed by atoms with Crippen molar-refractivity contribution in [1.82, 2.24) is 9.78 Å². The lowest BCUT2D eigenvalue weighted by Gasteiger charge is -2.13. The summed E-state index contributed by atoms with van der Waals surface area (Å²) in [6.07, 6.45) is -4.62. The van der Waals surface area contributed by atoms with Crippen LogP contribution in [-0.4, -0.2) is 28.4 Å². The highest BCUT2D eigenvalue weighted by Gasteiger charge is 2.40. The molecule has 7 nitrogen and oxygen atoms in total. The number of rotatable bonds is 6. The number of nitrogens with zero attached hydrogens (tertiary/aromatic N) is 2. The first-order chi connectivity index (χ1) is 15.5. The van der Waals surface area contributed by atoms with E-state index in [0.29, 0.717) is 10.4 Å². The van der Waals surface area contributed by atoms with Gasteiger partial charge in [-0.25, -0.2) is 9.48 Å². The molecule has 0 radical (unpaired) electrons. The van der Waals surface area contributed by atoms with Crippen LogP contribution in [0, 0.1) is 12.8 Å². The van der Waals surface area contributed by atoms with Gasteiger partial charge in [0.25, 0.3) is 5.91 Å². The predicted octanol–water partition coefficient (Wildman–Crippen LogP) is 5.66. The van der Waals surface area contributed by atoms with Crippen LogP contribution >= 0.6 is 0 Å². The lowest BCUT2D eigenvalue weighted by Crippen LogP contribution is -2.21. The Morgan fingerprint density at radius 2 is 1.70 bits per heavy atom. The van der Waals surface area contributed by atoms with Crippen molar-refractivity contribution >= 4 is 23.4 Å². The Bertz CT molecular complexity index is 1140. The maximum atomic E-state index is 13.8. The first-order valence-corrected chi connectivity index (χ1v) is 10.1. The van der Waals surface area contributed by atoms with Gasteiger partial charge in [0, 0.05) is 11.4 Å². The highest BCUT2D eigenvalue weighted by Crippen LogP contribution is 2.34. The third-order valence-corrected chi connectivity index (χ3v) is 4.48. The molecule has 2 N–H and O–H groups in total. The van der Waals surface area contributed by atoms with Crippen molar-refractivity contribution in [3.05, 3.63) is 71.5 Å². The van der Waals surface area contributed by atoms with Gasteiger partial charge in [-0.2, -0.15) is 18.3 Å². The number of benzene rings is 2. The third-order valence-electron chi connectivity index (χ3n) is 4.48. The van der Waals surface area contributed by atoms with Crippen molar-refractivity contribution in [3.8, 4) is 5.69 Å². The zero-order chi connectivity index (χ0) is 24.2. The average Bonchev–Trinajstić information content (AvgIpc) is 3.19. The highest BCUT2D eigenvalue weighted by molar-refractivity contribution is 6.05. The number of alkyl halides is 3. The molecule has 0 aliphatic rings. The molecule has 1 aromatic heterocycles. The Labute approximate surface area is 188 Å². The predicted molar refractivity (Wildman–Crippen MR) is 118 cm³/mol. The summed E-state index contributed by atoms with van der Waals surface area (Å²) in [4.78, 5) is 24.5. The minimum absolute atomic E-state index is 0.157. The summed E-state index contributed by atoms with van der Waals surface area (Å²) >= 11 is 0. The SMILES string of the molecule is Cc1ccc(-n2ncc(C(=O)Nc3cccc(NC(=O)OCC(C)C)c3)c2C(F)(F)F)cc1. The number of carbonyl (C=O) groups is 2. The van der Waals surface area contributed by atoms with Crippen LogP contribution < -0.4 is 10.6 Å². The Balaban J connectivity index is 1.82. The Hall–Kier alpha value is -3.82. The Morgan fingerprint density at radius 1 is 1.06 bits per heavy atom. The smallest absolute Gasteiger partial charge is 0.434 e. The van der Waals surface area contributed by atoms with Crippen LogP contribution in [0.4, 0.5) is 29.3 Å². The summed E-state index contributed by atoms with van der Waals surface area (Å²) in [6.45, 7) is 5.82. The van der Waals surface area contributed by atoms with Crippen molar-refractivity contribution in [2.75, 3.05) is 17.2 Å². The monoisotopic (exact) mass is 460 g/mol. The van der Waals surface area contributed by atoms with Gasteiger partial charge in [-0.05, 0) is 43.2 Å². The molecule has 0 saturated heterocycles. The van der Waals surface area contributed by atoms with E-state index in [4.69, 9.17) is 4.74 Å². The van der Waals surface area contributed by atoms with Crippen LogP contribution in [0.25, 0.3) is 5.69 Å². The van der Waals surface area contributed by atoms with Crippen molar-refractivity contribution in [1.29, 1.82) is 0 Å². The molecular weight excluding hydrogens is 437 g/mol. The topological polar surface area (TPSA) is 85.3 Å². The van der Waals surface area contributed by atoms with Crippen LogP contribution in [0.2, 0.25) is 0 Å².